The van der Waals surface area contributed by atoms with Crippen LogP contribution in [0.3, 0.4) is 0 Å². The van der Waals surface area contributed by atoms with Gasteiger partial charge in [0, 0.05) is 0 Å². The Labute approximate surface area is 133 Å². The Hall–Kier alpha value is -2.82. The zero-order chi connectivity index (χ0) is 16.4. The Balaban J connectivity index is 2.02. The van der Waals surface area contributed by atoms with Gasteiger partial charge in [-0.25, -0.2) is 4.79 Å². The van der Waals surface area contributed by atoms with Gasteiger partial charge in [-0.1, -0.05) is 24.3 Å². The summed E-state index contributed by atoms with van der Waals surface area (Å²) >= 11 is 0. The monoisotopic (exact) mass is 310 g/mol. The van der Waals surface area contributed by atoms with Crippen LogP contribution in [-0.4, -0.2) is 15.7 Å². The zero-order valence-electron chi connectivity index (χ0n) is 13.1. The lowest BCUT2D eigenvalue weighted by Crippen LogP contribution is -2.35. The van der Waals surface area contributed by atoms with Gasteiger partial charge in [0.25, 0.3) is 5.56 Å². The first kappa shape index (κ1) is 15.1. The summed E-state index contributed by atoms with van der Waals surface area (Å²) in [5.74, 6) is 0.725. The summed E-state index contributed by atoms with van der Waals surface area (Å²) in [6.07, 6.45) is 0.0667. The SMILES string of the molecule is CC(C)Oc1cccc(Cn2c(=O)[nH]c3ccccc3c2=O)c1. The lowest BCUT2D eigenvalue weighted by molar-refractivity contribution is 0.242. The van der Waals surface area contributed by atoms with Crippen molar-refractivity contribution in [1.29, 1.82) is 0 Å². The van der Waals surface area contributed by atoms with Gasteiger partial charge in [-0.05, 0) is 43.7 Å². The highest BCUT2D eigenvalue weighted by molar-refractivity contribution is 5.76. The van der Waals surface area contributed by atoms with Gasteiger partial charge >= 0.3 is 5.69 Å². The normalized spacial score (nSPS) is 11.1. The van der Waals surface area contributed by atoms with Gasteiger partial charge in [0.2, 0.25) is 0 Å². The largest absolute Gasteiger partial charge is 0.491 e. The number of nitrogens with one attached hydrogen (secondary N) is 1. The molecule has 118 valence electrons. The molecule has 0 fully saturated rings. The van der Waals surface area contributed by atoms with Gasteiger partial charge in [-0.3, -0.25) is 9.36 Å². The number of fused-ring (bicyclic) bond motifs is 1. The molecule has 0 aliphatic carbocycles. The van der Waals surface area contributed by atoms with Crippen molar-refractivity contribution in [3.8, 4) is 5.75 Å². The molecule has 1 N–H and O–H groups in total. The molecule has 1 heterocycles. The topological polar surface area (TPSA) is 64.1 Å². The van der Waals surface area contributed by atoms with Gasteiger partial charge in [0.1, 0.15) is 5.75 Å². The third kappa shape index (κ3) is 3.18. The van der Waals surface area contributed by atoms with E-state index >= 15 is 0 Å². The number of H-pyrrole nitrogens is 1. The van der Waals surface area contributed by atoms with E-state index < -0.39 is 5.69 Å². The Morgan fingerprint density at radius 2 is 1.87 bits per heavy atom. The van der Waals surface area contributed by atoms with E-state index in [0.29, 0.717) is 10.9 Å². The number of para-hydroxylation sites is 1. The van der Waals surface area contributed by atoms with E-state index in [0.717, 1.165) is 11.3 Å². The van der Waals surface area contributed by atoms with Crippen LogP contribution in [0.1, 0.15) is 19.4 Å². The predicted octanol–water partition coefficient (Wildman–Crippen LogP) is 2.53. The van der Waals surface area contributed by atoms with Crippen LogP contribution in [0.5, 0.6) is 5.75 Å². The van der Waals surface area contributed by atoms with E-state index in [1.54, 1.807) is 24.3 Å². The molecule has 0 aliphatic rings. The number of benzene rings is 2. The van der Waals surface area contributed by atoms with Crippen LogP contribution < -0.4 is 16.0 Å². The van der Waals surface area contributed by atoms with E-state index in [-0.39, 0.29) is 18.2 Å². The van der Waals surface area contributed by atoms with Crippen LogP contribution in [-0.2, 0) is 6.54 Å². The number of aromatic amines is 1. The summed E-state index contributed by atoms with van der Waals surface area (Å²) in [6.45, 7) is 4.10. The molecule has 1 aromatic heterocycles. The molecule has 2 aromatic carbocycles. The number of hydrogen-bond donors (Lipinski definition) is 1. The molecule has 0 unspecified atom stereocenters. The second-order valence-corrected chi connectivity index (χ2v) is 5.68. The second kappa shape index (κ2) is 6.12. The fourth-order valence-electron chi connectivity index (χ4n) is 2.51. The minimum absolute atomic E-state index is 0.0667. The molecule has 0 radical (unpaired) electrons. The van der Waals surface area contributed by atoms with Gasteiger partial charge in [-0.15, -0.1) is 0 Å². The molecule has 0 aliphatic heterocycles. The quantitative estimate of drug-likeness (QED) is 0.805. The molecule has 3 rings (SSSR count). The van der Waals surface area contributed by atoms with E-state index in [2.05, 4.69) is 4.98 Å². The molecular formula is C18H18N2O3. The lowest BCUT2D eigenvalue weighted by atomic mass is 10.2. The molecule has 0 atom stereocenters. The van der Waals surface area contributed by atoms with Crippen molar-refractivity contribution < 1.29 is 4.74 Å². The molecule has 3 aromatic rings. The summed E-state index contributed by atoms with van der Waals surface area (Å²) < 4.78 is 6.86. The molecule has 0 spiro atoms. The highest BCUT2D eigenvalue weighted by Crippen LogP contribution is 2.15. The third-order valence-corrected chi connectivity index (χ3v) is 3.50. The first-order valence-corrected chi connectivity index (χ1v) is 7.52. The summed E-state index contributed by atoms with van der Waals surface area (Å²) in [7, 11) is 0. The van der Waals surface area contributed by atoms with Crippen LogP contribution in [0.2, 0.25) is 0 Å². The second-order valence-electron chi connectivity index (χ2n) is 5.68. The van der Waals surface area contributed by atoms with Crippen LogP contribution >= 0.6 is 0 Å². The van der Waals surface area contributed by atoms with E-state index in [1.165, 1.54) is 4.57 Å². The first-order valence-electron chi connectivity index (χ1n) is 7.52. The molecule has 23 heavy (non-hydrogen) atoms. The lowest BCUT2D eigenvalue weighted by Gasteiger charge is -2.11. The number of nitrogens with zero attached hydrogens (tertiary/aromatic N) is 1. The Kier molecular flexibility index (Phi) is 4.02. The van der Waals surface area contributed by atoms with Crippen molar-refractivity contribution in [3.05, 3.63) is 74.9 Å². The molecule has 0 saturated heterocycles. The van der Waals surface area contributed by atoms with Gasteiger partial charge in [-0.2, -0.15) is 0 Å². The van der Waals surface area contributed by atoms with E-state index in [4.69, 9.17) is 4.74 Å². The minimum atomic E-state index is -0.413. The summed E-state index contributed by atoms with van der Waals surface area (Å²) in [6, 6.07) is 14.4. The maximum absolute atomic E-state index is 12.5. The molecule has 0 saturated carbocycles. The smallest absolute Gasteiger partial charge is 0.329 e. The summed E-state index contributed by atoms with van der Waals surface area (Å²) in [4.78, 5) is 27.5. The van der Waals surface area contributed by atoms with Crippen molar-refractivity contribution in [3.63, 3.8) is 0 Å². The van der Waals surface area contributed by atoms with E-state index in [1.807, 2.05) is 38.1 Å². The van der Waals surface area contributed by atoms with Gasteiger partial charge in [0.05, 0.1) is 23.6 Å². The Bertz CT molecular complexity index is 954. The molecular weight excluding hydrogens is 292 g/mol. The van der Waals surface area contributed by atoms with Crippen molar-refractivity contribution in [2.75, 3.05) is 0 Å². The number of ether oxygens (including phenoxy) is 1. The summed E-state index contributed by atoms with van der Waals surface area (Å²) in [5.41, 5.74) is 0.685. The average Bonchev–Trinajstić information content (AvgIpc) is 2.51. The number of rotatable bonds is 4. The maximum atomic E-state index is 12.5. The van der Waals surface area contributed by atoms with Crippen molar-refractivity contribution in [2.24, 2.45) is 0 Å². The van der Waals surface area contributed by atoms with Crippen molar-refractivity contribution >= 4 is 10.9 Å². The standard InChI is InChI=1S/C18H18N2O3/c1-12(2)23-14-7-5-6-13(10-14)11-20-17(21)15-8-3-4-9-16(15)19-18(20)22/h3-10,12H,11H2,1-2H3,(H,19,22). The minimum Gasteiger partial charge on any atom is -0.491 e. The predicted molar refractivity (Wildman–Crippen MR) is 90.1 cm³/mol. The third-order valence-electron chi connectivity index (χ3n) is 3.50. The number of aromatic nitrogens is 2. The Morgan fingerprint density at radius 1 is 1.09 bits per heavy atom. The van der Waals surface area contributed by atoms with Crippen LogP contribution in [0.15, 0.2) is 58.1 Å². The van der Waals surface area contributed by atoms with Gasteiger partial charge in [0.15, 0.2) is 0 Å². The van der Waals surface area contributed by atoms with E-state index in [9.17, 15) is 9.59 Å². The first-order chi connectivity index (χ1) is 11.0. The van der Waals surface area contributed by atoms with Crippen LogP contribution in [0.4, 0.5) is 0 Å². The zero-order valence-corrected chi connectivity index (χ0v) is 13.1. The highest BCUT2D eigenvalue weighted by Gasteiger charge is 2.08. The molecule has 5 heteroatoms. The van der Waals surface area contributed by atoms with Crippen molar-refractivity contribution in [2.45, 2.75) is 26.5 Å². The van der Waals surface area contributed by atoms with Crippen molar-refractivity contribution in [1.82, 2.24) is 9.55 Å². The fourth-order valence-corrected chi connectivity index (χ4v) is 2.51. The van der Waals surface area contributed by atoms with Gasteiger partial charge < -0.3 is 9.72 Å². The number of hydrogen-bond acceptors (Lipinski definition) is 3. The summed E-state index contributed by atoms with van der Waals surface area (Å²) in [5, 5.41) is 0.502. The highest BCUT2D eigenvalue weighted by atomic mass is 16.5. The fraction of sp³-hybridized carbons (Fsp3) is 0.222. The molecule has 0 bridgehead atoms. The Morgan fingerprint density at radius 3 is 2.65 bits per heavy atom. The average molecular weight is 310 g/mol. The maximum Gasteiger partial charge on any atom is 0.329 e. The van der Waals surface area contributed by atoms with Crippen LogP contribution in [0.25, 0.3) is 10.9 Å². The molecule has 0 amide bonds. The van der Waals surface area contributed by atoms with Crippen LogP contribution in [0, 0.1) is 0 Å². The molecule has 5 nitrogen and oxygen atoms in total.